The first kappa shape index (κ1) is 6.59. The molecule has 0 amide bonds. The van der Waals surface area contributed by atoms with Gasteiger partial charge in [0.25, 0.3) is 0 Å². The summed E-state index contributed by atoms with van der Waals surface area (Å²) in [5.41, 5.74) is 0. The molecule has 2 atom stereocenters. The molecule has 1 aliphatic heterocycles. The van der Waals surface area contributed by atoms with Crippen molar-refractivity contribution in [2.75, 3.05) is 0 Å². The third-order valence-electron chi connectivity index (χ3n) is 1.92. The summed E-state index contributed by atoms with van der Waals surface area (Å²) in [7, 11) is 0. The van der Waals surface area contributed by atoms with Crippen molar-refractivity contribution >= 4 is 5.97 Å². The van der Waals surface area contributed by atoms with Gasteiger partial charge in [-0.1, -0.05) is 6.92 Å². The van der Waals surface area contributed by atoms with Crippen LogP contribution in [0.2, 0.25) is 0 Å². The van der Waals surface area contributed by atoms with Crippen LogP contribution < -0.4 is 0 Å². The lowest BCUT2D eigenvalue weighted by atomic mass is 9.98. The molecule has 1 heterocycles. The van der Waals surface area contributed by atoms with Crippen LogP contribution in [0.15, 0.2) is 0 Å². The Hall–Kier alpha value is -0.530. The lowest BCUT2D eigenvalue weighted by Gasteiger charge is -2.24. The van der Waals surface area contributed by atoms with E-state index in [1.54, 1.807) is 0 Å². The normalized spacial score (nSPS) is 36.0. The van der Waals surface area contributed by atoms with Gasteiger partial charge in [0, 0.05) is 6.42 Å². The Morgan fingerprint density at radius 2 is 2.22 bits per heavy atom. The van der Waals surface area contributed by atoms with Gasteiger partial charge in [0.1, 0.15) is 6.10 Å². The van der Waals surface area contributed by atoms with Gasteiger partial charge in [0.2, 0.25) is 0 Å². The molecule has 1 fully saturated rings. The number of cyclic esters (lactones) is 1. The minimum absolute atomic E-state index is 0.0411. The fourth-order valence-corrected chi connectivity index (χ4v) is 0.963. The van der Waals surface area contributed by atoms with Gasteiger partial charge in [0.05, 0.1) is 0 Å². The Labute approximate surface area is 55.2 Å². The van der Waals surface area contributed by atoms with Crippen LogP contribution in [0.1, 0.15) is 26.7 Å². The molecule has 2 nitrogen and oxygen atoms in total. The van der Waals surface area contributed by atoms with Gasteiger partial charge in [0.15, 0.2) is 0 Å². The number of rotatable bonds is 0. The lowest BCUT2D eigenvalue weighted by molar-refractivity contribution is -0.156. The lowest BCUT2D eigenvalue weighted by Crippen LogP contribution is -2.27. The molecule has 1 aliphatic rings. The molecule has 0 unspecified atom stereocenters. The van der Waals surface area contributed by atoms with E-state index in [1.165, 1.54) is 0 Å². The van der Waals surface area contributed by atoms with Gasteiger partial charge in [-0.3, -0.25) is 4.79 Å². The minimum atomic E-state index is -0.0411. The van der Waals surface area contributed by atoms with Crippen molar-refractivity contribution in [1.82, 2.24) is 0 Å². The van der Waals surface area contributed by atoms with E-state index < -0.39 is 0 Å². The summed E-state index contributed by atoms with van der Waals surface area (Å²) in [6.07, 6.45) is 1.72. The van der Waals surface area contributed by atoms with Crippen molar-refractivity contribution in [2.24, 2.45) is 5.92 Å². The van der Waals surface area contributed by atoms with E-state index in [9.17, 15) is 4.79 Å². The summed E-state index contributed by atoms with van der Waals surface area (Å²) in [6.45, 7) is 4.05. The molecule has 0 saturated carbocycles. The molecule has 52 valence electrons. The van der Waals surface area contributed by atoms with Gasteiger partial charge >= 0.3 is 5.97 Å². The molecule has 9 heavy (non-hydrogen) atoms. The highest BCUT2D eigenvalue weighted by molar-refractivity contribution is 5.70. The highest BCUT2D eigenvalue weighted by atomic mass is 16.5. The predicted molar refractivity (Wildman–Crippen MR) is 34.0 cm³/mol. The Morgan fingerprint density at radius 1 is 1.56 bits per heavy atom. The molecule has 1 saturated heterocycles. The summed E-state index contributed by atoms with van der Waals surface area (Å²) < 4.78 is 4.96. The summed E-state index contributed by atoms with van der Waals surface area (Å²) >= 11 is 0. The molecule has 0 spiro atoms. The molecule has 0 aliphatic carbocycles. The van der Waals surface area contributed by atoms with E-state index in [0.29, 0.717) is 12.3 Å². The molecule has 1 rings (SSSR count). The van der Waals surface area contributed by atoms with Gasteiger partial charge in [-0.25, -0.2) is 0 Å². The SMILES string of the molecule is C[C@@H]1CCC(=O)O[C@H]1C. The topological polar surface area (TPSA) is 26.3 Å². The highest BCUT2D eigenvalue weighted by Gasteiger charge is 2.22. The van der Waals surface area contributed by atoms with E-state index >= 15 is 0 Å². The van der Waals surface area contributed by atoms with Crippen LogP contribution in [0.25, 0.3) is 0 Å². The van der Waals surface area contributed by atoms with E-state index in [4.69, 9.17) is 4.74 Å². The van der Waals surface area contributed by atoms with Crippen molar-refractivity contribution < 1.29 is 9.53 Å². The largest absolute Gasteiger partial charge is 0.462 e. The second-order valence-electron chi connectivity index (χ2n) is 2.71. The Balaban J connectivity index is 2.44. The average Bonchev–Trinajstić information content (AvgIpc) is 1.80. The molecule has 0 aromatic heterocycles. The van der Waals surface area contributed by atoms with Crippen LogP contribution in [0.4, 0.5) is 0 Å². The molecule has 0 aromatic rings. The highest BCUT2D eigenvalue weighted by Crippen LogP contribution is 2.19. The van der Waals surface area contributed by atoms with Crippen molar-refractivity contribution in [3.8, 4) is 0 Å². The molecule has 2 heteroatoms. The van der Waals surface area contributed by atoms with Crippen LogP contribution in [0, 0.1) is 5.92 Å². The summed E-state index contributed by atoms with van der Waals surface area (Å²) in [4.78, 5) is 10.6. The first-order valence-electron chi connectivity index (χ1n) is 3.39. The van der Waals surface area contributed by atoms with Gasteiger partial charge in [-0.05, 0) is 19.3 Å². The second kappa shape index (κ2) is 2.38. The van der Waals surface area contributed by atoms with E-state index in [1.807, 2.05) is 6.92 Å². The van der Waals surface area contributed by atoms with Gasteiger partial charge in [-0.15, -0.1) is 0 Å². The maximum Gasteiger partial charge on any atom is 0.306 e. The zero-order chi connectivity index (χ0) is 6.85. The van der Waals surface area contributed by atoms with Crippen molar-refractivity contribution in [3.05, 3.63) is 0 Å². The monoisotopic (exact) mass is 128 g/mol. The van der Waals surface area contributed by atoms with Gasteiger partial charge < -0.3 is 4.74 Å². The third kappa shape index (κ3) is 1.44. The number of carbonyl (C=O) groups excluding carboxylic acids is 1. The van der Waals surface area contributed by atoms with E-state index in [2.05, 4.69) is 6.92 Å². The molecule has 0 bridgehead atoms. The van der Waals surface area contributed by atoms with Gasteiger partial charge in [-0.2, -0.15) is 0 Å². The summed E-state index contributed by atoms with van der Waals surface area (Å²) in [5.74, 6) is 0.503. The molecular weight excluding hydrogens is 116 g/mol. The van der Waals surface area contributed by atoms with Crippen LogP contribution in [0.5, 0.6) is 0 Å². The number of esters is 1. The minimum Gasteiger partial charge on any atom is -0.462 e. The first-order chi connectivity index (χ1) is 4.20. The van der Waals surface area contributed by atoms with Crippen molar-refractivity contribution in [3.63, 3.8) is 0 Å². The quantitative estimate of drug-likeness (QED) is 0.460. The molecular formula is C7H12O2. The third-order valence-corrected chi connectivity index (χ3v) is 1.92. The molecule has 0 radical (unpaired) electrons. The smallest absolute Gasteiger partial charge is 0.306 e. The predicted octanol–water partition coefficient (Wildman–Crippen LogP) is 1.35. The average molecular weight is 128 g/mol. The number of hydrogen-bond donors (Lipinski definition) is 0. The van der Waals surface area contributed by atoms with Crippen molar-refractivity contribution in [2.45, 2.75) is 32.8 Å². The fraction of sp³-hybridized carbons (Fsp3) is 0.857. The zero-order valence-corrected chi connectivity index (χ0v) is 5.89. The Morgan fingerprint density at radius 3 is 2.67 bits per heavy atom. The number of ether oxygens (including phenoxy) is 1. The van der Waals surface area contributed by atoms with Crippen LogP contribution in [0.3, 0.4) is 0 Å². The maximum absolute atomic E-state index is 10.6. The first-order valence-corrected chi connectivity index (χ1v) is 3.39. The van der Waals surface area contributed by atoms with Crippen LogP contribution in [-0.4, -0.2) is 12.1 Å². The standard InChI is InChI=1S/C7H12O2/c1-5-3-4-7(8)9-6(5)2/h5-6H,3-4H2,1-2H3/t5-,6+/m1/s1. The van der Waals surface area contributed by atoms with E-state index in [0.717, 1.165) is 6.42 Å². The zero-order valence-electron chi connectivity index (χ0n) is 5.89. The summed E-state index contributed by atoms with van der Waals surface area (Å²) in [6, 6.07) is 0. The fourth-order valence-electron chi connectivity index (χ4n) is 0.963. The summed E-state index contributed by atoms with van der Waals surface area (Å²) in [5, 5.41) is 0. The number of hydrogen-bond acceptors (Lipinski definition) is 2. The number of carbonyl (C=O) groups is 1. The van der Waals surface area contributed by atoms with Crippen LogP contribution >= 0.6 is 0 Å². The molecule has 0 N–H and O–H groups in total. The maximum atomic E-state index is 10.6. The molecule has 0 aromatic carbocycles. The Kier molecular flexibility index (Phi) is 1.74. The Bertz CT molecular complexity index is 120. The van der Waals surface area contributed by atoms with Crippen LogP contribution in [-0.2, 0) is 9.53 Å². The van der Waals surface area contributed by atoms with Crippen molar-refractivity contribution in [1.29, 1.82) is 0 Å². The van der Waals surface area contributed by atoms with E-state index in [-0.39, 0.29) is 12.1 Å². The second-order valence-corrected chi connectivity index (χ2v) is 2.71.